The molecule has 0 rings (SSSR count). The summed E-state index contributed by atoms with van der Waals surface area (Å²) in [5.74, 6) is 0.884. The highest BCUT2D eigenvalue weighted by atomic mass is 32.1. The highest BCUT2D eigenvalue weighted by Gasteiger charge is 1.96. The Morgan fingerprint density at radius 1 is 0.727 bits per heavy atom. The number of nitrogens with one attached hydrogen (secondary N) is 1. The van der Waals surface area contributed by atoms with Crippen molar-refractivity contribution < 1.29 is 0 Å². The molecule has 3 heteroatoms. The topological polar surface area (TPSA) is 38.0 Å². The van der Waals surface area contributed by atoms with Crippen molar-refractivity contribution in [2.45, 2.75) is 104 Å². The molecule has 0 saturated carbocycles. The fourth-order valence-corrected chi connectivity index (χ4v) is 2.94. The van der Waals surface area contributed by atoms with Gasteiger partial charge in [-0.05, 0) is 24.6 Å². The third-order valence-corrected chi connectivity index (χ3v) is 4.40. The molecule has 0 saturated heterocycles. The van der Waals surface area contributed by atoms with Crippen LogP contribution in [-0.2, 0) is 0 Å². The Morgan fingerprint density at radius 2 is 1.09 bits per heavy atom. The van der Waals surface area contributed by atoms with Crippen molar-refractivity contribution in [2.75, 3.05) is 6.54 Å². The van der Waals surface area contributed by atoms with Gasteiger partial charge in [-0.1, -0.05) is 97.3 Å². The fraction of sp³-hybridized carbons (Fsp3) is 0.947. The second-order valence-corrected chi connectivity index (χ2v) is 7.51. The summed E-state index contributed by atoms with van der Waals surface area (Å²) in [5.41, 5.74) is 5.38. The third kappa shape index (κ3) is 19.7. The second kappa shape index (κ2) is 17.1. The minimum absolute atomic E-state index is 0.430. The van der Waals surface area contributed by atoms with Crippen molar-refractivity contribution in [3.05, 3.63) is 0 Å². The number of thiocarbonyl (C=S) groups is 1. The van der Waals surface area contributed by atoms with Crippen LogP contribution < -0.4 is 11.1 Å². The van der Waals surface area contributed by atoms with Gasteiger partial charge in [0.2, 0.25) is 0 Å². The number of rotatable bonds is 16. The lowest BCUT2D eigenvalue weighted by molar-refractivity contribution is 0.502. The first-order chi connectivity index (χ1) is 10.6. The van der Waals surface area contributed by atoms with Crippen molar-refractivity contribution >= 4 is 17.3 Å². The van der Waals surface area contributed by atoms with E-state index in [-0.39, 0.29) is 0 Å². The standard InChI is InChI=1S/C19H40N2S/c1-18(2)16-14-12-10-8-6-4-3-5-7-9-11-13-15-17-21-19(20)22/h18H,3-17H2,1-2H3,(H3,20,21,22). The molecule has 0 unspecified atom stereocenters. The molecule has 22 heavy (non-hydrogen) atoms. The van der Waals surface area contributed by atoms with Gasteiger partial charge in [0, 0.05) is 6.54 Å². The van der Waals surface area contributed by atoms with Crippen LogP contribution >= 0.6 is 12.2 Å². The Bertz CT molecular complexity index is 242. The molecule has 0 aromatic heterocycles. The van der Waals surface area contributed by atoms with Crippen LogP contribution in [0, 0.1) is 5.92 Å². The summed E-state index contributed by atoms with van der Waals surface area (Å²) in [5, 5.41) is 3.43. The summed E-state index contributed by atoms with van der Waals surface area (Å²) in [6, 6.07) is 0. The molecule has 0 aromatic rings. The maximum atomic E-state index is 5.38. The molecule has 0 heterocycles. The minimum atomic E-state index is 0.430. The van der Waals surface area contributed by atoms with Gasteiger partial charge in [0.05, 0.1) is 0 Å². The number of nitrogens with two attached hydrogens (primary N) is 1. The normalized spacial score (nSPS) is 11.0. The molecule has 0 aliphatic rings. The quantitative estimate of drug-likeness (QED) is 0.272. The predicted octanol–water partition coefficient (Wildman–Crippen LogP) is 5.94. The van der Waals surface area contributed by atoms with Gasteiger partial charge >= 0.3 is 0 Å². The molecule has 0 aliphatic heterocycles. The van der Waals surface area contributed by atoms with E-state index in [0.717, 1.165) is 12.5 Å². The lowest BCUT2D eigenvalue weighted by Crippen LogP contribution is -2.29. The monoisotopic (exact) mass is 328 g/mol. The molecule has 132 valence electrons. The van der Waals surface area contributed by atoms with Crippen molar-refractivity contribution in [3.63, 3.8) is 0 Å². The average Bonchev–Trinajstić information content (AvgIpc) is 2.46. The summed E-state index contributed by atoms with van der Waals surface area (Å²) in [6.07, 6.45) is 19.6. The molecule has 0 spiro atoms. The zero-order valence-electron chi connectivity index (χ0n) is 15.2. The van der Waals surface area contributed by atoms with Gasteiger partial charge in [0.15, 0.2) is 5.11 Å². The summed E-state index contributed by atoms with van der Waals surface area (Å²) in [6.45, 7) is 5.59. The van der Waals surface area contributed by atoms with Gasteiger partial charge < -0.3 is 11.1 Å². The van der Waals surface area contributed by atoms with Gasteiger partial charge in [-0.3, -0.25) is 0 Å². The smallest absolute Gasteiger partial charge is 0.163 e. The van der Waals surface area contributed by atoms with E-state index < -0.39 is 0 Å². The Morgan fingerprint density at radius 3 is 1.45 bits per heavy atom. The van der Waals surface area contributed by atoms with Gasteiger partial charge in [-0.2, -0.15) is 0 Å². The fourth-order valence-electron chi connectivity index (χ4n) is 2.83. The number of hydrogen-bond acceptors (Lipinski definition) is 1. The Labute approximate surface area is 145 Å². The van der Waals surface area contributed by atoms with Gasteiger partial charge in [0.1, 0.15) is 0 Å². The minimum Gasteiger partial charge on any atom is -0.376 e. The van der Waals surface area contributed by atoms with Crippen LogP contribution in [0.4, 0.5) is 0 Å². The van der Waals surface area contributed by atoms with E-state index >= 15 is 0 Å². The first-order valence-corrected chi connectivity index (χ1v) is 10.1. The van der Waals surface area contributed by atoms with E-state index in [1.807, 2.05) is 0 Å². The van der Waals surface area contributed by atoms with E-state index in [1.54, 1.807) is 0 Å². The van der Waals surface area contributed by atoms with Crippen LogP contribution in [0.3, 0.4) is 0 Å². The van der Waals surface area contributed by atoms with Crippen LogP contribution in [0.2, 0.25) is 0 Å². The van der Waals surface area contributed by atoms with Crippen molar-refractivity contribution in [1.82, 2.24) is 5.32 Å². The maximum Gasteiger partial charge on any atom is 0.163 e. The highest BCUT2D eigenvalue weighted by molar-refractivity contribution is 7.80. The van der Waals surface area contributed by atoms with E-state index in [4.69, 9.17) is 18.0 Å². The Kier molecular flexibility index (Phi) is 16.8. The average molecular weight is 329 g/mol. The SMILES string of the molecule is CC(C)CCCCCCCCCCCCCCCNC(N)=S. The molecule has 0 aliphatic carbocycles. The van der Waals surface area contributed by atoms with Crippen molar-refractivity contribution in [3.8, 4) is 0 Å². The molecule has 0 amide bonds. The first-order valence-electron chi connectivity index (χ1n) is 9.66. The summed E-state index contributed by atoms with van der Waals surface area (Å²) >= 11 is 4.77. The van der Waals surface area contributed by atoms with Crippen LogP contribution in [0.5, 0.6) is 0 Å². The van der Waals surface area contributed by atoms with Gasteiger partial charge in [0.25, 0.3) is 0 Å². The first kappa shape index (κ1) is 21.7. The van der Waals surface area contributed by atoms with Gasteiger partial charge in [-0.15, -0.1) is 0 Å². The van der Waals surface area contributed by atoms with Crippen molar-refractivity contribution in [1.29, 1.82) is 0 Å². The van der Waals surface area contributed by atoms with Crippen LogP contribution in [0.1, 0.15) is 104 Å². The van der Waals surface area contributed by atoms with Crippen LogP contribution in [-0.4, -0.2) is 11.7 Å². The van der Waals surface area contributed by atoms with Crippen molar-refractivity contribution in [2.24, 2.45) is 11.7 Å². The highest BCUT2D eigenvalue weighted by Crippen LogP contribution is 2.14. The maximum absolute atomic E-state index is 5.38. The summed E-state index contributed by atoms with van der Waals surface area (Å²) < 4.78 is 0. The van der Waals surface area contributed by atoms with E-state index in [0.29, 0.717) is 5.11 Å². The largest absolute Gasteiger partial charge is 0.376 e. The Hall–Kier alpha value is -0.310. The molecular formula is C19H40N2S. The molecule has 0 bridgehead atoms. The second-order valence-electron chi connectivity index (χ2n) is 7.07. The van der Waals surface area contributed by atoms with Gasteiger partial charge in [-0.25, -0.2) is 0 Å². The summed E-state index contributed by atoms with van der Waals surface area (Å²) in [4.78, 5) is 0. The van der Waals surface area contributed by atoms with E-state index in [9.17, 15) is 0 Å². The molecule has 3 N–H and O–H groups in total. The summed E-state index contributed by atoms with van der Waals surface area (Å²) in [7, 11) is 0. The molecule has 0 aromatic carbocycles. The van der Waals surface area contributed by atoms with Crippen LogP contribution in [0.25, 0.3) is 0 Å². The number of hydrogen-bond donors (Lipinski definition) is 2. The predicted molar refractivity (Wildman–Crippen MR) is 104 cm³/mol. The number of unbranched alkanes of at least 4 members (excludes halogenated alkanes) is 12. The van der Waals surface area contributed by atoms with E-state index in [1.165, 1.54) is 89.9 Å². The van der Waals surface area contributed by atoms with Crippen LogP contribution in [0.15, 0.2) is 0 Å². The molecular weight excluding hydrogens is 288 g/mol. The van der Waals surface area contributed by atoms with E-state index in [2.05, 4.69) is 19.2 Å². The zero-order chi connectivity index (χ0) is 16.5. The lowest BCUT2D eigenvalue weighted by atomic mass is 10.0. The molecule has 0 radical (unpaired) electrons. The molecule has 0 atom stereocenters. The third-order valence-electron chi connectivity index (χ3n) is 4.26. The molecule has 0 fully saturated rings. The molecule has 2 nitrogen and oxygen atoms in total. The zero-order valence-corrected chi connectivity index (χ0v) is 16.0. The Balaban J connectivity index is 2.98. The lowest BCUT2D eigenvalue weighted by Gasteiger charge is -2.05.